The molecule has 1 aromatic carbocycles. The van der Waals surface area contributed by atoms with Crippen LogP contribution in [0.2, 0.25) is 0 Å². The standard InChI is InChI=1S/C19H20N4O2/c1-24-16-6-3-7-17(12-16)25-13-18-21-19(14-4-2-5-14)23(22-18)15-8-10-20-11-9-15/h3,6-12,14H,2,4-5,13H2,1H3. The molecule has 0 bridgehead atoms. The molecule has 0 unspecified atom stereocenters. The third-order valence-electron chi connectivity index (χ3n) is 4.46. The van der Waals surface area contributed by atoms with Crippen molar-refractivity contribution in [2.24, 2.45) is 0 Å². The minimum Gasteiger partial charge on any atom is -0.497 e. The molecule has 1 aliphatic carbocycles. The van der Waals surface area contributed by atoms with Gasteiger partial charge in [-0.1, -0.05) is 12.5 Å². The Hall–Kier alpha value is -2.89. The summed E-state index contributed by atoms with van der Waals surface area (Å²) < 4.78 is 13.0. The van der Waals surface area contributed by atoms with Crippen LogP contribution in [0.3, 0.4) is 0 Å². The van der Waals surface area contributed by atoms with Crippen LogP contribution < -0.4 is 9.47 Å². The zero-order chi connectivity index (χ0) is 17.1. The van der Waals surface area contributed by atoms with E-state index in [-0.39, 0.29) is 0 Å². The molecule has 6 heteroatoms. The minimum atomic E-state index is 0.324. The van der Waals surface area contributed by atoms with Crippen molar-refractivity contribution in [1.29, 1.82) is 0 Å². The van der Waals surface area contributed by atoms with Crippen LogP contribution in [0.4, 0.5) is 0 Å². The average molecular weight is 336 g/mol. The Morgan fingerprint density at radius 1 is 1.12 bits per heavy atom. The van der Waals surface area contributed by atoms with Crippen molar-refractivity contribution in [3.8, 4) is 17.2 Å². The number of ether oxygens (including phenoxy) is 2. The van der Waals surface area contributed by atoms with Crippen LogP contribution in [-0.2, 0) is 6.61 Å². The highest BCUT2D eigenvalue weighted by atomic mass is 16.5. The van der Waals surface area contributed by atoms with Gasteiger partial charge in [-0.05, 0) is 37.1 Å². The molecule has 0 N–H and O–H groups in total. The number of pyridine rings is 1. The van der Waals surface area contributed by atoms with Crippen LogP contribution in [0.15, 0.2) is 48.8 Å². The highest BCUT2D eigenvalue weighted by Gasteiger charge is 2.26. The van der Waals surface area contributed by atoms with Crippen LogP contribution in [0.25, 0.3) is 5.69 Å². The number of rotatable bonds is 6. The fraction of sp³-hybridized carbons (Fsp3) is 0.316. The van der Waals surface area contributed by atoms with Crippen LogP contribution in [0.1, 0.15) is 36.8 Å². The van der Waals surface area contributed by atoms with Gasteiger partial charge in [-0.15, -0.1) is 5.10 Å². The van der Waals surface area contributed by atoms with Gasteiger partial charge in [0.1, 0.15) is 23.9 Å². The summed E-state index contributed by atoms with van der Waals surface area (Å²) in [4.78, 5) is 8.82. The van der Waals surface area contributed by atoms with Crippen molar-refractivity contribution in [2.45, 2.75) is 31.8 Å². The first-order valence-corrected chi connectivity index (χ1v) is 8.46. The normalized spacial score (nSPS) is 14.1. The highest BCUT2D eigenvalue weighted by Crippen LogP contribution is 2.36. The van der Waals surface area contributed by atoms with Gasteiger partial charge in [0.25, 0.3) is 0 Å². The monoisotopic (exact) mass is 336 g/mol. The van der Waals surface area contributed by atoms with Crippen LogP contribution >= 0.6 is 0 Å². The van der Waals surface area contributed by atoms with Gasteiger partial charge in [0.15, 0.2) is 5.82 Å². The number of aromatic nitrogens is 4. The SMILES string of the molecule is COc1cccc(OCc2nc(C3CCC3)n(-c3ccncc3)n2)c1. The summed E-state index contributed by atoms with van der Waals surface area (Å²) >= 11 is 0. The zero-order valence-electron chi connectivity index (χ0n) is 14.1. The second-order valence-electron chi connectivity index (χ2n) is 6.10. The van der Waals surface area contributed by atoms with Crippen molar-refractivity contribution < 1.29 is 9.47 Å². The van der Waals surface area contributed by atoms with Crippen LogP contribution in [0, 0.1) is 0 Å². The topological polar surface area (TPSA) is 62.1 Å². The van der Waals surface area contributed by atoms with E-state index in [1.165, 1.54) is 19.3 Å². The lowest BCUT2D eigenvalue weighted by molar-refractivity contribution is 0.293. The molecule has 0 spiro atoms. The van der Waals surface area contributed by atoms with Gasteiger partial charge >= 0.3 is 0 Å². The van der Waals surface area contributed by atoms with Crippen molar-refractivity contribution in [3.05, 3.63) is 60.4 Å². The molecule has 4 rings (SSSR count). The van der Waals surface area contributed by atoms with Gasteiger partial charge in [0, 0.05) is 24.4 Å². The lowest BCUT2D eigenvalue weighted by atomic mass is 9.85. The lowest BCUT2D eigenvalue weighted by Gasteiger charge is -2.24. The van der Waals surface area contributed by atoms with Gasteiger partial charge in [0.2, 0.25) is 0 Å². The highest BCUT2D eigenvalue weighted by molar-refractivity contribution is 5.33. The van der Waals surface area contributed by atoms with E-state index in [2.05, 4.69) is 10.1 Å². The van der Waals surface area contributed by atoms with Crippen molar-refractivity contribution >= 4 is 0 Å². The number of hydrogen-bond donors (Lipinski definition) is 0. The summed E-state index contributed by atoms with van der Waals surface area (Å²) in [7, 11) is 1.64. The molecule has 2 heterocycles. The molecular formula is C19H20N4O2. The van der Waals surface area contributed by atoms with Gasteiger partial charge in [-0.25, -0.2) is 9.67 Å². The molecule has 0 aliphatic heterocycles. The van der Waals surface area contributed by atoms with Crippen molar-refractivity contribution in [2.75, 3.05) is 7.11 Å². The van der Waals surface area contributed by atoms with Crippen molar-refractivity contribution in [1.82, 2.24) is 19.7 Å². The Balaban J connectivity index is 1.56. The second kappa shape index (κ2) is 6.93. The fourth-order valence-corrected chi connectivity index (χ4v) is 2.87. The summed E-state index contributed by atoms with van der Waals surface area (Å²) in [5.74, 6) is 3.68. The van der Waals surface area contributed by atoms with Gasteiger partial charge < -0.3 is 9.47 Å². The van der Waals surface area contributed by atoms with Gasteiger partial charge in [-0.3, -0.25) is 4.98 Å². The summed E-state index contributed by atoms with van der Waals surface area (Å²) in [5.41, 5.74) is 0.983. The Morgan fingerprint density at radius 3 is 2.64 bits per heavy atom. The number of hydrogen-bond acceptors (Lipinski definition) is 5. The Labute approximate surface area is 146 Å². The Kier molecular flexibility index (Phi) is 4.33. The summed E-state index contributed by atoms with van der Waals surface area (Å²) in [5, 5.41) is 4.66. The molecule has 25 heavy (non-hydrogen) atoms. The molecule has 2 aromatic heterocycles. The van der Waals surface area contributed by atoms with E-state index in [0.717, 1.165) is 23.0 Å². The first-order chi connectivity index (χ1) is 12.3. The molecule has 1 saturated carbocycles. The second-order valence-corrected chi connectivity index (χ2v) is 6.10. The largest absolute Gasteiger partial charge is 0.497 e. The maximum Gasteiger partial charge on any atom is 0.188 e. The van der Waals surface area contributed by atoms with E-state index in [4.69, 9.17) is 14.5 Å². The summed E-state index contributed by atoms with van der Waals surface area (Å²) in [6.07, 6.45) is 7.13. The number of methoxy groups -OCH3 is 1. The van der Waals surface area contributed by atoms with Crippen LogP contribution in [0.5, 0.6) is 11.5 Å². The lowest BCUT2D eigenvalue weighted by Crippen LogP contribution is -2.15. The van der Waals surface area contributed by atoms with Crippen LogP contribution in [-0.4, -0.2) is 26.9 Å². The number of nitrogens with zero attached hydrogens (tertiary/aromatic N) is 4. The molecule has 1 aliphatic rings. The molecule has 0 saturated heterocycles. The van der Waals surface area contributed by atoms with E-state index < -0.39 is 0 Å². The third-order valence-corrected chi connectivity index (χ3v) is 4.46. The number of benzene rings is 1. The summed E-state index contributed by atoms with van der Waals surface area (Å²) in [6.45, 7) is 0.324. The smallest absolute Gasteiger partial charge is 0.188 e. The third kappa shape index (κ3) is 3.33. The maximum absolute atomic E-state index is 5.84. The van der Waals surface area contributed by atoms with Crippen molar-refractivity contribution in [3.63, 3.8) is 0 Å². The minimum absolute atomic E-state index is 0.324. The van der Waals surface area contributed by atoms with E-state index in [1.807, 2.05) is 41.1 Å². The van der Waals surface area contributed by atoms with Gasteiger partial charge in [-0.2, -0.15) is 0 Å². The molecule has 6 nitrogen and oxygen atoms in total. The van der Waals surface area contributed by atoms with E-state index in [1.54, 1.807) is 19.5 Å². The first kappa shape index (κ1) is 15.6. The fourth-order valence-electron chi connectivity index (χ4n) is 2.87. The molecular weight excluding hydrogens is 316 g/mol. The Bertz CT molecular complexity index is 844. The molecule has 128 valence electrons. The molecule has 3 aromatic rings. The van der Waals surface area contributed by atoms with E-state index >= 15 is 0 Å². The zero-order valence-corrected chi connectivity index (χ0v) is 14.1. The average Bonchev–Trinajstić information content (AvgIpc) is 3.03. The Morgan fingerprint density at radius 2 is 1.92 bits per heavy atom. The predicted molar refractivity (Wildman–Crippen MR) is 93.1 cm³/mol. The van der Waals surface area contributed by atoms with E-state index in [0.29, 0.717) is 18.3 Å². The predicted octanol–water partition coefficient (Wildman–Crippen LogP) is 3.52. The quantitative estimate of drug-likeness (QED) is 0.689. The maximum atomic E-state index is 5.84. The summed E-state index contributed by atoms with van der Waals surface area (Å²) in [6, 6.07) is 11.4. The van der Waals surface area contributed by atoms with Gasteiger partial charge in [0.05, 0.1) is 12.8 Å². The molecule has 0 radical (unpaired) electrons. The molecule has 0 atom stereocenters. The molecule has 0 amide bonds. The van der Waals surface area contributed by atoms with E-state index in [9.17, 15) is 0 Å². The molecule has 1 fully saturated rings. The first-order valence-electron chi connectivity index (χ1n) is 8.46.